The molecule has 0 aliphatic heterocycles. The van der Waals surface area contributed by atoms with Crippen LogP contribution in [0.15, 0.2) is 28.5 Å². The number of aromatic amines is 1. The van der Waals surface area contributed by atoms with Gasteiger partial charge in [-0.05, 0) is 23.9 Å². The molecular weight excluding hydrogens is 222 g/mol. The summed E-state index contributed by atoms with van der Waals surface area (Å²) in [5.41, 5.74) is 5.68. The van der Waals surface area contributed by atoms with Gasteiger partial charge in [0.2, 0.25) is 0 Å². The van der Waals surface area contributed by atoms with Gasteiger partial charge in [0.15, 0.2) is 16.8 Å². The van der Waals surface area contributed by atoms with Crippen molar-refractivity contribution in [2.75, 3.05) is 5.73 Å². The maximum Gasteiger partial charge on any atom is 0.188 e. The van der Waals surface area contributed by atoms with Gasteiger partial charge >= 0.3 is 0 Å². The van der Waals surface area contributed by atoms with Crippen molar-refractivity contribution in [1.29, 1.82) is 0 Å². The SMILES string of the molecule is Nc1ccc(F)c(F)c1Sc1ncn[nH]1. The predicted molar refractivity (Wildman–Crippen MR) is 51.3 cm³/mol. The van der Waals surface area contributed by atoms with E-state index in [-0.39, 0.29) is 10.6 Å². The summed E-state index contributed by atoms with van der Waals surface area (Å²) in [6, 6.07) is 2.28. The number of hydrogen-bond acceptors (Lipinski definition) is 4. The van der Waals surface area contributed by atoms with E-state index in [0.29, 0.717) is 5.16 Å². The molecule has 78 valence electrons. The van der Waals surface area contributed by atoms with Crippen LogP contribution in [-0.4, -0.2) is 15.2 Å². The number of aromatic nitrogens is 3. The molecule has 0 unspecified atom stereocenters. The molecule has 0 fully saturated rings. The highest BCUT2D eigenvalue weighted by Crippen LogP contribution is 2.32. The van der Waals surface area contributed by atoms with E-state index in [4.69, 9.17) is 5.73 Å². The topological polar surface area (TPSA) is 67.6 Å². The lowest BCUT2D eigenvalue weighted by molar-refractivity contribution is 0.492. The lowest BCUT2D eigenvalue weighted by Crippen LogP contribution is -1.95. The maximum absolute atomic E-state index is 13.3. The van der Waals surface area contributed by atoms with Gasteiger partial charge in [0.1, 0.15) is 6.33 Å². The van der Waals surface area contributed by atoms with Crippen LogP contribution in [0.25, 0.3) is 0 Å². The van der Waals surface area contributed by atoms with E-state index in [0.717, 1.165) is 17.8 Å². The molecular formula is C8H6F2N4S. The standard InChI is InChI=1S/C8H6F2N4S/c9-4-1-2-5(11)7(6(4)10)15-8-12-3-13-14-8/h1-3H,11H2,(H,12,13,14). The first-order valence-corrected chi connectivity index (χ1v) is 4.77. The quantitative estimate of drug-likeness (QED) is 0.769. The Labute approximate surface area is 87.9 Å². The highest BCUT2D eigenvalue weighted by Gasteiger charge is 2.14. The molecule has 1 aromatic carbocycles. The van der Waals surface area contributed by atoms with Crippen LogP contribution in [0.2, 0.25) is 0 Å². The minimum Gasteiger partial charge on any atom is -0.398 e. The van der Waals surface area contributed by atoms with E-state index in [1.165, 1.54) is 12.4 Å². The van der Waals surface area contributed by atoms with Gasteiger partial charge in [0, 0.05) is 5.69 Å². The van der Waals surface area contributed by atoms with Crippen molar-refractivity contribution >= 4 is 17.4 Å². The summed E-state index contributed by atoms with van der Waals surface area (Å²) < 4.78 is 26.2. The highest BCUT2D eigenvalue weighted by molar-refractivity contribution is 7.99. The zero-order chi connectivity index (χ0) is 10.8. The fourth-order valence-corrected chi connectivity index (χ4v) is 1.76. The average molecular weight is 228 g/mol. The second-order valence-corrected chi connectivity index (χ2v) is 3.67. The second-order valence-electron chi connectivity index (χ2n) is 2.67. The molecule has 2 rings (SSSR count). The van der Waals surface area contributed by atoms with Crippen molar-refractivity contribution in [3.05, 3.63) is 30.1 Å². The highest BCUT2D eigenvalue weighted by atomic mass is 32.2. The molecule has 1 aromatic heterocycles. The van der Waals surface area contributed by atoms with Crippen molar-refractivity contribution in [2.45, 2.75) is 10.1 Å². The molecule has 0 aliphatic carbocycles. The largest absolute Gasteiger partial charge is 0.398 e. The molecule has 2 aromatic rings. The molecule has 0 saturated heterocycles. The van der Waals surface area contributed by atoms with Gasteiger partial charge in [-0.1, -0.05) is 0 Å². The smallest absolute Gasteiger partial charge is 0.188 e. The lowest BCUT2D eigenvalue weighted by atomic mass is 10.3. The number of benzene rings is 1. The van der Waals surface area contributed by atoms with Gasteiger partial charge in [0.25, 0.3) is 0 Å². The third-order valence-electron chi connectivity index (χ3n) is 1.67. The first-order valence-electron chi connectivity index (χ1n) is 3.95. The van der Waals surface area contributed by atoms with E-state index < -0.39 is 11.6 Å². The number of nitrogens with two attached hydrogens (primary N) is 1. The third-order valence-corrected chi connectivity index (χ3v) is 2.68. The third kappa shape index (κ3) is 1.91. The summed E-state index contributed by atoms with van der Waals surface area (Å²) >= 11 is 0.892. The Balaban J connectivity index is 2.39. The summed E-state index contributed by atoms with van der Waals surface area (Å²) in [5.74, 6) is -1.91. The summed E-state index contributed by atoms with van der Waals surface area (Å²) in [5, 5.41) is 6.46. The van der Waals surface area contributed by atoms with E-state index >= 15 is 0 Å². The molecule has 0 aliphatic rings. The number of rotatable bonds is 2. The van der Waals surface area contributed by atoms with Crippen LogP contribution in [0.4, 0.5) is 14.5 Å². The van der Waals surface area contributed by atoms with Gasteiger partial charge in [-0.3, -0.25) is 5.10 Å². The van der Waals surface area contributed by atoms with Crippen LogP contribution >= 0.6 is 11.8 Å². The summed E-state index contributed by atoms with van der Waals surface area (Å²) in [7, 11) is 0. The average Bonchev–Trinajstić information content (AvgIpc) is 2.71. The molecule has 7 heteroatoms. The monoisotopic (exact) mass is 228 g/mol. The Hall–Kier alpha value is -1.63. The van der Waals surface area contributed by atoms with Crippen LogP contribution in [0.3, 0.4) is 0 Å². The predicted octanol–water partition coefficient (Wildman–Crippen LogP) is 1.82. The normalized spacial score (nSPS) is 10.5. The van der Waals surface area contributed by atoms with Gasteiger partial charge in [-0.15, -0.1) is 0 Å². The van der Waals surface area contributed by atoms with Gasteiger partial charge in [-0.25, -0.2) is 13.8 Å². The zero-order valence-corrected chi connectivity index (χ0v) is 8.18. The van der Waals surface area contributed by atoms with Crippen molar-refractivity contribution in [3.8, 4) is 0 Å². The molecule has 0 radical (unpaired) electrons. The molecule has 3 N–H and O–H groups in total. The number of H-pyrrole nitrogens is 1. The van der Waals surface area contributed by atoms with Gasteiger partial charge < -0.3 is 5.73 Å². The molecule has 0 bridgehead atoms. The van der Waals surface area contributed by atoms with Crippen molar-refractivity contribution in [3.63, 3.8) is 0 Å². The van der Waals surface area contributed by atoms with E-state index in [1.54, 1.807) is 0 Å². The van der Waals surface area contributed by atoms with Crippen LogP contribution in [0.5, 0.6) is 0 Å². The molecule has 0 spiro atoms. The van der Waals surface area contributed by atoms with E-state index in [2.05, 4.69) is 15.2 Å². The molecule has 0 atom stereocenters. The molecule has 15 heavy (non-hydrogen) atoms. The van der Waals surface area contributed by atoms with Gasteiger partial charge in [-0.2, -0.15) is 5.10 Å². The first kappa shape index (κ1) is 9.91. The van der Waals surface area contributed by atoms with E-state index in [9.17, 15) is 8.78 Å². The summed E-state index contributed by atoms with van der Waals surface area (Å²) in [6.07, 6.45) is 1.27. The number of nitrogen functional groups attached to an aromatic ring is 1. The molecule has 0 amide bonds. The van der Waals surface area contributed by atoms with Crippen molar-refractivity contribution in [1.82, 2.24) is 15.2 Å². The van der Waals surface area contributed by atoms with Crippen LogP contribution < -0.4 is 5.73 Å². The minimum atomic E-state index is -0.976. The zero-order valence-electron chi connectivity index (χ0n) is 7.37. The van der Waals surface area contributed by atoms with Crippen LogP contribution in [-0.2, 0) is 0 Å². The van der Waals surface area contributed by atoms with Crippen LogP contribution in [0, 0.1) is 11.6 Å². The number of nitrogens with zero attached hydrogens (tertiary/aromatic N) is 2. The van der Waals surface area contributed by atoms with Crippen molar-refractivity contribution < 1.29 is 8.78 Å². The van der Waals surface area contributed by atoms with Crippen LogP contribution in [0.1, 0.15) is 0 Å². The Kier molecular flexibility index (Phi) is 2.55. The Morgan fingerprint density at radius 3 is 2.80 bits per heavy atom. The Morgan fingerprint density at radius 1 is 1.33 bits per heavy atom. The maximum atomic E-state index is 13.3. The molecule has 0 saturated carbocycles. The molecule has 4 nitrogen and oxygen atoms in total. The molecule has 1 heterocycles. The first-order chi connectivity index (χ1) is 7.18. The fraction of sp³-hybridized carbons (Fsp3) is 0. The Morgan fingerprint density at radius 2 is 2.13 bits per heavy atom. The number of halogens is 2. The number of anilines is 1. The Bertz CT molecular complexity index is 472. The van der Waals surface area contributed by atoms with Gasteiger partial charge in [0.05, 0.1) is 4.90 Å². The number of hydrogen-bond donors (Lipinski definition) is 2. The lowest BCUT2D eigenvalue weighted by Gasteiger charge is -2.04. The van der Waals surface area contributed by atoms with Crippen molar-refractivity contribution in [2.24, 2.45) is 0 Å². The van der Waals surface area contributed by atoms with E-state index in [1.807, 2.05) is 0 Å². The number of nitrogens with one attached hydrogen (secondary N) is 1. The summed E-state index contributed by atoms with van der Waals surface area (Å²) in [6.45, 7) is 0. The second kappa shape index (κ2) is 3.85. The fourth-order valence-electron chi connectivity index (χ4n) is 0.991. The summed E-state index contributed by atoms with van der Waals surface area (Å²) in [4.78, 5) is 3.78. The minimum absolute atomic E-state index is 0.00625.